The second-order valence-corrected chi connectivity index (χ2v) is 18.6. The van der Waals surface area contributed by atoms with Crippen LogP contribution in [0.3, 0.4) is 0 Å². The molecule has 0 aromatic rings. The number of aliphatic hydroxyl groups excluding tert-OH is 2. The first kappa shape index (κ1) is 58.6. The summed E-state index contributed by atoms with van der Waals surface area (Å²) in [6.07, 6.45) is 54.2. The van der Waals surface area contributed by atoms with Crippen molar-refractivity contribution in [3.05, 3.63) is 12.2 Å². The number of amides is 1. The predicted molar refractivity (Wildman–Crippen MR) is 260 cm³/mol. The summed E-state index contributed by atoms with van der Waals surface area (Å²) in [6.45, 7) is 6.49. The summed E-state index contributed by atoms with van der Waals surface area (Å²) in [5, 5.41) is 23.8. The van der Waals surface area contributed by atoms with Crippen LogP contribution < -0.4 is 5.32 Å². The average Bonchev–Trinajstić information content (AvgIpc) is 3.24. The molecule has 0 heterocycles. The molecule has 0 radical (unpaired) electrons. The largest absolute Gasteiger partial charge is 0.462 e. The lowest BCUT2D eigenvalue weighted by atomic mass is 10.0. The average molecular weight is 848 g/mol. The zero-order chi connectivity index (χ0) is 43.8. The number of carbonyl (C=O) groups is 2. The van der Waals surface area contributed by atoms with Gasteiger partial charge < -0.3 is 20.3 Å². The highest BCUT2D eigenvalue weighted by Crippen LogP contribution is 2.18. The van der Waals surface area contributed by atoms with Crippen LogP contribution in [0.2, 0.25) is 0 Å². The van der Waals surface area contributed by atoms with Crippen LogP contribution in [0.15, 0.2) is 12.2 Å². The molecule has 0 aromatic carbocycles. The third kappa shape index (κ3) is 43.3. The molecule has 6 nitrogen and oxygen atoms in total. The molecule has 0 aliphatic heterocycles. The third-order valence-corrected chi connectivity index (χ3v) is 12.6. The molecule has 6 heteroatoms. The molecule has 0 spiro atoms. The van der Waals surface area contributed by atoms with E-state index in [4.69, 9.17) is 4.74 Å². The number of ether oxygens (including phenoxy) is 1. The first-order valence-corrected chi connectivity index (χ1v) is 26.9. The maximum atomic E-state index is 13.2. The molecule has 0 aliphatic carbocycles. The van der Waals surface area contributed by atoms with Gasteiger partial charge in [-0.2, -0.15) is 0 Å². The van der Waals surface area contributed by atoms with Gasteiger partial charge in [0.2, 0.25) is 5.91 Å². The standard InChI is InChI=1S/C54H105NO5/c1-4-7-10-13-16-19-21-23-25-27-29-31-34-37-40-43-46-52(57)51(49-56)55-53(58)48-50(45-42-39-36-33-18-15-12-9-6-3)60-54(59)47-44-41-38-35-32-30-28-26-24-22-20-17-14-11-8-5-2/h26,28,50-52,56-57H,4-25,27,29-49H2,1-3H3,(H,55,58)/b28-26+. The Labute approximate surface area is 374 Å². The Balaban J connectivity index is 4.40. The summed E-state index contributed by atoms with van der Waals surface area (Å²) in [6, 6.07) is -0.696. The fourth-order valence-corrected chi connectivity index (χ4v) is 8.49. The van der Waals surface area contributed by atoms with Crippen molar-refractivity contribution in [1.82, 2.24) is 5.32 Å². The number of esters is 1. The van der Waals surface area contributed by atoms with E-state index in [1.807, 2.05) is 0 Å². The Bertz CT molecular complexity index is 909. The van der Waals surface area contributed by atoms with Crippen LogP contribution in [0.4, 0.5) is 0 Å². The van der Waals surface area contributed by atoms with Gasteiger partial charge >= 0.3 is 5.97 Å². The Kier molecular flexibility index (Phi) is 47.5. The number of carbonyl (C=O) groups excluding carboxylic acids is 2. The molecule has 356 valence electrons. The van der Waals surface area contributed by atoms with Crippen LogP contribution in [-0.4, -0.2) is 46.9 Å². The van der Waals surface area contributed by atoms with Gasteiger partial charge in [-0.3, -0.25) is 9.59 Å². The Morgan fingerprint density at radius 3 is 1.18 bits per heavy atom. The maximum Gasteiger partial charge on any atom is 0.306 e. The van der Waals surface area contributed by atoms with Crippen LogP contribution in [0.5, 0.6) is 0 Å². The molecule has 1 amide bonds. The van der Waals surface area contributed by atoms with E-state index in [1.54, 1.807) is 0 Å². The highest BCUT2D eigenvalue weighted by molar-refractivity contribution is 5.77. The topological polar surface area (TPSA) is 95.9 Å². The first-order chi connectivity index (χ1) is 29.5. The zero-order valence-corrected chi connectivity index (χ0v) is 40.6. The molecule has 60 heavy (non-hydrogen) atoms. The van der Waals surface area contributed by atoms with Gasteiger partial charge in [0, 0.05) is 6.42 Å². The smallest absolute Gasteiger partial charge is 0.306 e. The van der Waals surface area contributed by atoms with Crippen molar-refractivity contribution in [3.63, 3.8) is 0 Å². The van der Waals surface area contributed by atoms with E-state index < -0.39 is 18.2 Å². The second-order valence-electron chi connectivity index (χ2n) is 18.6. The molecule has 0 bridgehead atoms. The van der Waals surface area contributed by atoms with E-state index in [2.05, 4.69) is 38.2 Å². The molecule has 3 atom stereocenters. The number of hydrogen-bond acceptors (Lipinski definition) is 5. The lowest BCUT2D eigenvalue weighted by Gasteiger charge is -2.24. The summed E-state index contributed by atoms with van der Waals surface area (Å²) in [5.41, 5.74) is 0. The third-order valence-electron chi connectivity index (χ3n) is 12.6. The molecule has 0 fully saturated rings. The van der Waals surface area contributed by atoms with Crippen LogP contribution >= 0.6 is 0 Å². The summed E-state index contributed by atoms with van der Waals surface area (Å²) < 4.78 is 5.92. The summed E-state index contributed by atoms with van der Waals surface area (Å²) in [4.78, 5) is 26.1. The number of aliphatic hydroxyl groups is 2. The van der Waals surface area contributed by atoms with Gasteiger partial charge in [-0.05, 0) is 51.4 Å². The van der Waals surface area contributed by atoms with Crippen LogP contribution in [0, 0.1) is 0 Å². The monoisotopic (exact) mass is 848 g/mol. The minimum atomic E-state index is -0.783. The molecule has 0 aliphatic rings. The Morgan fingerprint density at radius 1 is 0.467 bits per heavy atom. The zero-order valence-electron chi connectivity index (χ0n) is 40.6. The molecule has 3 N–H and O–H groups in total. The minimum absolute atomic E-state index is 0.0809. The van der Waals surface area contributed by atoms with Crippen molar-refractivity contribution in [1.29, 1.82) is 0 Å². The summed E-state index contributed by atoms with van der Waals surface area (Å²) >= 11 is 0. The van der Waals surface area contributed by atoms with Crippen molar-refractivity contribution in [2.24, 2.45) is 0 Å². The Morgan fingerprint density at radius 2 is 0.800 bits per heavy atom. The highest BCUT2D eigenvalue weighted by atomic mass is 16.5. The molecule has 0 rings (SSSR count). The van der Waals surface area contributed by atoms with Crippen molar-refractivity contribution in [2.75, 3.05) is 6.61 Å². The van der Waals surface area contributed by atoms with E-state index in [9.17, 15) is 19.8 Å². The molecule has 0 saturated carbocycles. The molecule has 0 saturated heterocycles. The first-order valence-electron chi connectivity index (χ1n) is 26.9. The van der Waals surface area contributed by atoms with Gasteiger partial charge in [0.25, 0.3) is 0 Å². The van der Waals surface area contributed by atoms with E-state index in [0.717, 1.165) is 51.4 Å². The quantitative estimate of drug-likeness (QED) is 0.0322. The van der Waals surface area contributed by atoms with E-state index in [-0.39, 0.29) is 24.9 Å². The van der Waals surface area contributed by atoms with E-state index >= 15 is 0 Å². The number of unbranched alkanes of at least 4 members (excludes halogenated alkanes) is 35. The fourth-order valence-electron chi connectivity index (χ4n) is 8.49. The van der Waals surface area contributed by atoms with Crippen LogP contribution in [0.1, 0.15) is 297 Å². The second kappa shape index (κ2) is 48.6. The van der Waals surface area contributed by atoms with Gasteiger partial charge in [-0.25, -0.2) is 0 Å². The number of rotatable bonds is 49. The maximum absolute atomic E-state index is 13.2. The molecule has 0 aromatic heterocycles. The molecular formula is C54H105NO5. The van der Waals surface area contributed by atoms with Crippen molar-refractivity contribution < 1.29 is 24.5 Å². The lowest BCUT2D eigenvalue weighted by Crippen LogP contribution is -2.46. The number of nitrogens with one attached hydrogen (secondary N) is 1. The minimum Gasteiger partial charge on any atom is -0.462 e. The van der Waals surface area contributed by atoms with Crippen molar-refractivity contribution >= 4 is 11.9 Å². The summed E-state index contributed by atoms with van der Waals surface area (Å²) in [7, 11) is 0. The van der Waals surface area contributed by atoms with Crippen LogP contribution in [-0.2, 0) is 14.3 Å². The molecular weight excluding hydrogens is 743 g/mol. The normalized spacial score (nSPS) is 13.2. The van der Waals surface area contributed by atoms with Crippen molar-refractivity contribution in [2.45, 2.75) is 315 Å². The summed E-state index contributed by atoms with van der Waals surface area (Å²) in [5.74, 6) is -0.468. The SMILES string of the molecule is CCCCCCCCC/C=C/CCCCCCCC(=O)OC(CCCCCCCCCCC)CC(=O)NC(CO)C(O)CCCCCCCCCCCCCCCCCC. The van der Waals surface area contributed by atoms with Gasteiger partial charge in [0.15, 0.2) is 0 Å². The number of hydrogen-bond donors (Lipinski definition) is 3. The van der Waals surface area contributed by atoms with Crippen molar-refractivity contribution in [3.8, 4) is 0 Å². The van der Waals surface area contributed by atoms with Gasteiger partial charge in [0.1, 0.15) is 6.10 Å². The number of allylic oxidation sites excluding steroid dienone is 2. The highest BCUT2D eigenvalue weighted by Gasteiger charge is 2.24. The van der Waals surface area contributed by atoms with E-state index in [1.165, 1.54) is 199 Å². The lowest BCUT2D eigenvalue weighted by molar-refractivity contribution is -0.151. The van der Waals surface area contributed by atoms with Gasteiger partial charge in [0.05, 0.1) is 25.2 Å². The van der Waals surface area contributed by atoms with E-state index in [0.29, 0.717) is 19.3 Å². The molecule has 3 unspecified atom stereocenters. The van der Waals surface area contributed by atoms with Gasteiger partial charge in [-0.1, -0.05) is 245 Å². The van der Waals surface area contributed by atoms with Gasteiger partial charge in [-0.15, -0.1) is 0 Å². The van der Waals surface area contributed by atoms with Crippen LogP contribution in [0.25, 0.3) is 0 Å². The Hall–Kier alpha value is -1.40. The predicted octanol–water partition coefficient (Wildman–Crippen LogP) is 16.1. The fraction of sp³-hybridized carbons (Fsp3) is 0.926.